The number of hydrogen-bond acceptors (Lipinski definition) is 6. The molecule has 0 saturated carbocycles. The standard InChI is InChI=1S/C23H18F3N3O3S2/c1-15-6-12-19(13-7-15)34(30,31)29-18-10-8-16(9-11-18)21-27-28-22(32-21)33-14-17-4-2-3-5-20(17)23(24,25)26/h2-13,29H,14H2,1H3. The largest absolute Gasteiger partial charge is 0.416 e. The van der Waals surface area contributed by atoms with Gasteiger partial charge in [-0.1, -0.05) is 47.7 Å². The summed E-state index contributed by atoms with van der Waals surface area (Å²) in [6, 6.07) is 18.1. The molecule has 0 fully saturated rings. The molecule has 1 aromatic heterocycles. The lowest BCUT2D eigenvalue weighted by atomic mass is 10.1. The number of nitrogens with zero attached hydrogens (tertiary/aromatic N) is 2. The molecule has 0 aliphatic heterocycles. The average molecular weight is 506 g/mol. The predicted molar refractivity (Wildman–Crippen MR) is 123 cm³/mol. The Bertz CT molecular complexity index is 1390. The third-order valence-corrected chi connectivity index (χ3v) is 7.06. The lowest BCUT2D eigenvalue weighted by Crippen LogP contribution is -2.12. The fourth-order valence-electron chi connectivity index (χ4n) is 3.06. The van der Waals surface area contributed by atoms with Crippen molar-refractivity contribution in [1.82, 2.24) is 10.2 Å². The molecule has 34 heavy (non-hydrogen) atoms. The summed E-state index contributed by atoms with van der Waals surface area (Å²) in [5.41, 5.74) is 1.25. The monoisotopic (exact) mass is 505 g/mol. The highest BCUT2D eigenvalue weighted by molar-refractivity contribution is 7.98. The van der Waals surface area contributed by atoms with Crippen molar-refractivity contribution in [3.05, 3.63) is 89.5 Å². The normalized spacial score (nSPS) is 12.0. The molecule has 0 aliphatic rings. The van der Waals surface area contributed by atoms with Crippen LogP contribution in [0.25, 0.3) is 11.5 Å². The number of hydrogen-bond donors (Lipinski definition) is 1. The van der Waals surface area contributed by atoms with Gasteiger partial charge in [0.25, 0.3) is 15.2 Å². The van der Waals surface area contributed by atoms with Crippen molar-refractivity contribution in [3.8, 4) is 11.5 Å². The van der Waals surface area contributed by atoms with E-state index in [0.717, 1.165) is 23.4 Å². The summed E-state index contributed by atoms with van der Waals surface area (Å²) >= 11 is 0.997. The van der Waals surface area contributed by atoms with Crippen LogP contribution in [0.4, 0.5) is 18.9 Å². The first kappa shape index (κ1) is 23.8. The van der Waals surface area contributed by atoms with Crippen LogP contribution in [-0.2, 0) is 22.0 Å². The number of halogens is 3. The molecular weight excluding hydrogens is 487 g/mol. The van der Waals surface area contributed by atoms with Gasteiger partial charge in [0, 0.05) is 17.0 Å². The molecular formula is C23H18F3N3O3S2. The number of anilines is 1. The van der Waals surface area contributed by atoms with Gasteiger partial charge in [-0.15, -0.1) is 10.2 Å². The molecule has 0 atom stereocenters. The van der Waals surface area contributed by atoms with Crippen LogP contribution < -0.4 is 4.72 Å². The van der Waals surface area contributed by atoms with Crippen molar-refractivity contribution in [3.63, 3.8) is 0 Å². The van der Waals surface area contributed by atoms with E-state index in [1.165, 1.54) is 24.3 Å². The van der Waals surface area contributed by atoms with Crippen molar-refractivity contribution < 1.29 is 26.0 Å². The quantitative estimate of drug-likeness (QED) is 0.303. The zero-order chi connectivity index (χ0) is 24.3. The van der Waals surface area contributed by atoms with Gasteiger partial charge < -0.3 is 4.42 Å². The number of thioether (sulfide) groups is 1. The Morgan fingerprint density at radius 2 is 1.62 bits per heavy atom. The maximum Gasteiger partial charge on any atom is 0.416 e. The van der Waals surface area contributed by atoms with Crippen LogP contribution in [0.2, 0.25) is 0 Å². The molecule has 6 nitrogen and oxygen atoms in total. The van der Waals surface area contributed by atoms with Crippen LogP contribution >= 0.6 is 11.8 Å². The van der Waals surface area contributed by atoms with Gasteiger partial charge >= 0.3 is 6.18 Å². The van der Waals surface area contributed by atoms with Crippen LogP contribution in [0.1, 0.15) is 16.7 Å². The van der Waals surface area contributed by atoms with Crippen molar-refractivity contribution in [2.75, 3.05) is 4.72 Å². The van der Waals surface area contributed by atoms with E-state index in [1.807, 2.05) is 6.92 Å². The second-order valence-electron chi connectivity index (χ2n) is 7.31. The Balaban J connectivity index is 1.43. The number of aryl methyl sites for hydroxylation is 1. The zero-order valence-electron chi connectivity index (χ0n) is 17.7. The molecule has 0 bridgehead atoms. The van der Waals surface area contributed by atoms with Crippen molar-refractivity contribution in [2.24, 2.45) is 0 Å². The van der Waals surface area contributed by atoms with E-state index in [0.29, 0.717) is 11.3 Å². The minimum absolute atomic E-state index is 0.0110. The number of sulfonamides is 1. The fourth-order valence-corrected chi connectivity index (χ4v) is 4.89. The van der Waals surface area contributed by atoms with Gasteiger partial charge in [-0.25, -0.2) is 8.42 Å². The zero-order valence-corrected chi connectivity index (χ0v) is 19.3. The smallest absolute Gasteiger partial charge is 0.411 e. The van der Waals surface area contributed by atoms with E-state index in [2.05, 4.69) is 14.9 Å². The maximum atomic E-state index is 13.1. The highest BCUT2D eigenvalue weighted by Gasteiger charge is 2.32. The Kier molecular flexibility index (Phi) is 6.67. The van der Waals surface area contributed by atoms with Crippen LogP contribution in [0, 0.1) is 6.92 Å². The summed E-state index contributed by atoms with van der Waals surface area (Å²) in [6.45, 7) is 1.87. The molecule has 176 valence electrons. The van der Waals surface area contributed by atoms with Gasteiger partial charge in [-0.2, -0.15) is 13.2 Å². The average Bonchev–Trinajstić information content (AvgIpc) is 3.27. The van der Waals surface area contributed by atoms with Crippen molar-refractivity contribution in [2.45, 2.75) is 29.0 Å². The number of benzene rings is 3. The Morgan fingerprint density at radius 3 is 2.29 bits per heavy atom. The second kappa shape index (κ2) is 9.51. The molecule has 0 saturated heterocycles. The Labute approximate surface area is 198 Å². The first-order valence-electron chi connectivity index (χ1n) is 9.93. The number of rotatable bonds is 7. The minimum Gasteiger partial charge on any atom is -0.411 e. The SMILES string of the molecule is Cc1ccc(S(=O)(=O)Nc2ccc(-c3nnc(SCc4ccccc4C(F)(F)F)o3)cc2)cc1. The van der Waals surface area contributed by atoms with Gasteiger partial charge in [0.1, 0.15) is 0 Å². The fraction of sp³-hybridized carbons (Fsp3) is 0.130. The van der Waals surface area contributed by atoms with Gasteiger partial charge in [-0.3, -0.25) is 4.72 Å². The topological polar surface area (TPSA) is 85.1 Å². The highest BCUT2D eigenvalue weighted by Crippen LogP contribution is 2.35. The predicted octanol–water partition coefficient (Wildman–Crippen LogP) is 6.16. The van der Waals surface area contributed by atoms with Gasteiger partial charge in [0.2, 0.25) is 5.89 Å². The second-order valence-corrected chi connectivity index (χ2v) is 9.92. The first-order valence-corrected chi connectivity index (χ1v) is 12.4. The van der Waals surface area contributed by atoms with E-state index in [1.54, 1.807) is 42.5 Å². The lowest BCUT2D eigenvalue weighted by Gasteiger charge is -2.11. The molecule has 0 aliphatic carbocycles. The molecule has 1 N–H and O–H groups in total. The van der Waals surface area contributed by atoms with Crippen LogP contribution in [0.3, 0.4) is 0 Å². The molecule has 0 spiro atoms. The first-order chi connectivity index (χ1) is 16.1. The number of nitrogens with one attached hydrogen (secondary N) is 1. The minimum atomic E-state index is -4.44. The number of aromatic nitrogens is 2. The highest BCUT2D eigenvalue weighted by atomic mass is 32.2. The van der Waals surface area contributed by atoms with E-state index < -0.39 is 21.8 Å². The Morgan fingerprint density at radius 1 is 0.941 bits per heavy atom. The van der Waals surface area contributed by atoms with Crippen LogP contribution in [-0.4, -0.2) is 18.6 Å². The third kappa shape index (κ3) is 5.60. The van der Waals surface area contributed by atoms with E-state index in [-0.39, 0.29) is 27.3 Å². The van der Waals surface area contributed by atoms with Crippen molar-refractivity contribution in [1.29, 1.82) is 0 Å². The molecule has 11 heteroatoms. The van der Waals surface area contributed by atoms with Crippen LogP contribution in [0.15, 0.2) is 87.3 Å². The van der Waals surface area contributed by atoms with Crippen LogP contribution in [0.5, 0.6) is 0 Å². The summed E-state index contributed by atoms with van der Waals surface area (Å²) in [5, 5.41) is 7.93. The molecule has 0 unspecified atom stereocenters. The molecule has 0 radical (unpaired) electrons. The van der Waals surface area contributed by atoms with E-state index >= 15 is 0 Å². The summed E-state index contributed by atoms with van der Waals surface area (Å²) in [5.74, 6) is 0.177. The van der Waals surface area contributed by atoms with E-state index in [4.69, 9.17) is 4.42 Å². The maximum absolute atomic E-state index is 13.1. The molecule has 0 amide bonds. The lowest BCUT2D eigenvalue weighted by molar-refractivity contribution is -0.138. The van der Waals surface area contributed by atoms with Gasteiger partial charge in [0.05, 0.1) is 10.5 Å². The summed E-state index contributed by atoms with van der Waals surface area (Å²) in [7, 11) is -3.74. The summed E-state index contributed by atoms with van der Waals surface area (Å²) in [4.78, 5) is 0.146. The number of alkyl halides is 3. The summed E-state index contributed by atoms with van der Waals surface area (Å²) in [6.07, 6.45) is -4.44. The van der Waals surface area contributed by atoms with Crippen molar-refractivity contribution >= 4 is 27.5 Å². The molecule has 4 aromatic rings. The van der Waals surface area contributed by atoms with Gasteiger partial charge in [-0.05, 0) is 55.0 Å². The summed E-state index contributed by atoms with van der Waals surface area (Å²) < 4.78 is 72.5. The molecule has 4 rings (SSSR count). The molecule has 1 heterocycles. The molecule has 3 aromatic carbocycles. The van der Waals surface area contributed by atoms with E-state index in [9.17, 15) is 21.6 Å². The van der Waals surface area contributed by atoms with Gasteiger partial charge in [0.15, 0.2) is 0 Å². The Hall–Kier alpha value is -3.31. The third-order valence-electron chi connectivity index (χ3n) is 4.80.